The van der Waals surface area contributed by atoms with Crippen LogP contribution in [-0.4, -0.2) is 46.1 Å². The van der Waals surface area contributed by atoms with Crippen LogP contribution in [0.3, 0.4) is 0 Å². The molecule has 180 valence electrons. The number of halogens is 3. The minimum absolute atomic E-state index is 0.296. The quantitative estimate of drug-likeness (QED) is 0.493. The Kier molecular flexibility index (Phi) is 6.77. The SMILES string of the molecule is CN(CCc1cc(-c2ccc(OC(F)(F)F)cc2)c2ncn(C)c2c1C#N)C(=O)OC(C)(C)C. The minimum Gasteiger partial charge on any atom is -0.444 e. The summed E-state index contributed by atoms with van der Waals surface area (Å²) < 4.78 is 48.6. The Hall–Kier alpha value is -3.74. The second-order valence-electron chi connectivity index (χ2n) is 8.85. The first kappa shape index (κ1) is 24.9. The lowest BCUT2D eigenvalue weighted by Gasteiger charge is -2.24. The van der Waals surface area contributed by atoms with Crippen molar-refractivity contribution in [1.82, 2.24) is 14.5 Å². The van der Waals surface area contributed by atoms with Gasteiger partial charge in [0.25, 0.3) is 0 Å². The smallest absolute Gasteiger partial charge is 0.444 e. The topological polar surface area (TPSA) is 80.4 Å². The lowest BCUT2D eigenvalue weighted by atomic mass is 9.95. The Bertz CT molecular complexity index is 1240. The van der Waals surface area contributed by atoms with Gasteiger partial charge in [-0.25, -0.2) is 9.78 Å². The summed E-state index contributed by atoms with van der Waals surface area (Å²) in [6.45, 7) is 5.63. The molecule has 1 heterocycles. The molecule has 34 heavy (non-hydrogen) atoms. The molecule has 0 aliphatic carbocycles. The highest BCUT2D eigenvalue weighted by Gasteiger charge is 2.31. The Morgan fingerprint density at radius 2 is 1.85 bits per heavy atom. The number of hydrogen-bond donors (Lipinski definition) is 0. The van der Waals surface area contributed by atoms with Crippen molar-refractivity contribution in [2.75, 3.05) is 13.6 Å². The van der Waals surface area contributed by atoms with E-state index in [9.17, 15) is 23.2 Å². The van der Waals surface area contributed by atoms with Gasteiger partial charge in [-0.2, -0.15) is 5.26 Å². The van der Waals surface area contributed by atoms with Gasteiger partial charge in [-0.1, -0.05) is 12.1 Å². The van der Waals surface area contributed by atoms with Gasteiger partial charge in [-0.3, -0.25) is 0 Å². The van der Waals surface area contributed by atoms with Crippen LogP contribution in [0.4, 0.5) is 18.0 Å². The molecule has 0 saturated carbocycles. The van der Waals surface area contributed by atoms with Gasteiger partial charge in [0.05, 0.1) is 22.9 Å². The van der Waals surface area contributed by atoms with Crippen molar-refractivity contribution < 1.29 is 27.4 Å². The number of amides is 1. The third-order valence-corrected chi connectivity index (χ3v) is 5.00. The van der Waals surface area contributed by atoms with E-state index in [0.29, 0.717) is 46.3 Å². The summed E-state index contributed by atoms with van der Waals surface area (Å²) in [5, 5.41) is 9.87. The van der Waals surface area contributed by atoms with Crippen molar-refractivity contribution in [3.8, 4) is 22.9 Å². The van der Waals surface area contributed by atoms with E-state index in [1.54, 1.807) is 51.8 Å². The number of nitriles is 1. The number of carbonyl (C=O) groups is 1. The van der Waals surface area contributed by atoms with E-state index < -0.39 is 18.1 Å². The van der Waals surface area contributed by atoms with E-state index in [4.69, 9.17) is 4.74 Å². The first-order valence-corrected chi connectivity index (χ1v) is 10.5. The first-order chi connectivity index (χ1) is 15.8. The Labute approximate surface area is 195 Å². The molecule has 0 aliphatic rings. The number of ether oxygens (including phenoxy) is 2. The number of fused-ring (bicyclic) bond motifs is 1. The van der Waals surface area contributed by atoms with Crippen LogP contribution in [0.2, 0.25) is 0 Å². The molecule has 2 aromatic carbocycles. The van der Waals surface area contributed by atoms with Gasteiger partial charge in [-0.05, 0) is 56.5 Å². The van der Waals surface area contributed by atoms with Crippen LogP contribution in [0, 0.1) is 11.3 Å². The maximum absolute atomic E-state index is 12.5. The number of aryl methyl sites for hydroxylation is 1. The number of imidazole rings is 1. The number of rotatable bonds is 5. The molecular weight excluding hydrogens is 449 g/mol. The lowest BCUT2D eigenvalue weighted by Crippen LogP contribution is -2.35. The van der Waals surface area contributed by atoms with Gasteiger partial charge < -0.3 is 18.9 Å². The fourth-order valence-corrected chi connectivity index (χ4v) is 3.49. The number of likely N-dealkylation sites (N-methyl/N-ethyl adjacent to an activating group) is 1. The Morgan fingerprint density at radius 3 is 2.41 bits per heavy atom. The molecule has 0 aliphatic heterocycles. The largest absolute Gasteiger partial charge is 0.573 e. The zero-order valence-corrected chi connectivity index (χ0v) is 19.5. The summed E-state index contributed by atoms with van der Waals surface area (Å²) in [6, 6.07) is 9.49. The van der Waals surface area contributed by atoms with Gasteiger partial charge in [0, 0.05) is 26.2 Å². The van der Waals surface area contributed by atoms with Crippen molar-refractivity contribution in [2.45, 2.75) is 39.2 Å². The third-order valence-electron chi connectivity index (χ3n) is 5.00. The normalized spacial score (nSPS) is 11.9. The standard InChI is InChI=1S/C24H25F3N4O3/c1-23(2,3)34-22(32)30(4)11-10-16-12-18(20-21(19(16)13-28)31(5)14-29-20)15-6-8-17(9-7-15)33-24(25,26)27/h6-9,12,14H,10-11H2,1-5H3. The molecule has 1 aromatic heterocycles. The molecule has 0 atom stereocenters. The summed E-state index contributed by atoms with van der Waals surface area (Å²) >= 11 is 0. The van der Waals surface area contributed by atoms with E-state index >= 15 is 0 Å². The van der Waals surface area contributed by atoms with Crippen LogP contribution in [0.1, 0.15) is 31.9 Å². The van der Waals surface area contributed by atoms with Crippen LogP contribution in [0.25, 0.3) is 22.2 Å². The molecular formula is C24H25F3N4O3. The molecule has 3 aromatic rings. The van der Waals surface area contributed by atoms with Crippen molar-refractivity contribution >= 4 is 17.1 Å². The average molecular weight is 474 g/mol. The molecule has 7 nitrogen and oxygen atoms in total. The minimum atomic E-state index is -4.78. The maximum Gasteiger partial charge on any atom is 0.573 e. The zero-order valence-electron chi connectivity index (χ0n) is 19.5. The van der Waals surface area contributed by atoms with Crippen molar-refractivity contribution in [1.29, 1.82) is 5.26 Å². The summed E-state index contributed by atoms with van der Waals surface area (Å²) in [5.74, 6) is -0.332. The van der Waals surface area contributed by atoms with Crippen LogP contribution < -0.4 is 4.74 Å². The molecule has 0 unspecified atom stereocenters. The van der Waals surface area contributed by atoms with Crippen LogP contribution in [-0.2, 0) is 18.2 Å². The molecule has 0 radical (unpaired) electrons. The summed E-state index contributed by atoms with van der Waals surface area (Å²) in [5.41, 5.74) is 2.89. The Balaban J connectivity index is 1.98. The van der Waals surface area contributed by atoms with Crippen molar-refractivity contribution in [2.24, 2.45) is 7.05 Å². The highest BCUT2D eigenvalue weighted by atomic mass is 19.4. The molecule has 0 bridgehead atoms. The molecule has 3 rings (SSSR count). The van der Waals surface area contributed by atoms with Gasteiger partial charge in [0.15, 0.2) is 0 Å². The summed E-state index contributed by atoms with van der Waals surface area (Å²) in [6.07, 6.45) is -3.32. The zero-order chi connectivity index (χ0) is 25.3. The van der Waals surface area contributed by atoms with Gasteiger partial charge >= 0.3 is 12.5 Å². The van der Waals surface area contributed by atoms with E-state index in [2.05, 4.69) is 15.8 Å². The first-order valence-electron chi connectivity index (χ1n) is 10.5. The van der Waals surface area contributed by atoms with E-state index in [1.165, 1.54) is 29.2 Å². The fourth-order valence-electron chi connectivity index (χ4n) is 3.49. The average Bonchev–Trinajstić information content (AvgIpc) is 3.11. The van der Waals surface area contributed by atoms with E-state index in [-0.39, 0.29) is 5.75 Å². The number of nitrogens with zero attached hydrogens (tertiary/aromatic N) is 4. The number of hydrogen-bond acceptors (Lipinski definition) is 5. The summed E-state index contributed by atoms with van der Waals surface area (Å²) in [4.78, 5) is 18.2. The number of carbonyl (C=O) groups excluding carboxylic acids is 1. The molecule has 1 amide bonds. The fraction of sp³-hybridized carbons (Fsp3) is 0.375. The molecule has 10 heteroatoms. The van der Waals surface area contributed by atoms with E-state index in [1.807, 2.05) is 0 Å². The second kappa shape index (κ2) is 9.25. The highest BCUT2D eigenvalue weighted by Crippen LogP contribution is 2.34. The molecule has 0 fully saturated rings. The van der Waals surface area contributed by atoms with Crippen molar-refractivity contribution in [3.05, 3.63) is 47.8 Å². The van der Waals surface area contributed by atoms with Crippen LogP contribution >= 0.6 is 0 Å². The highest BCUT2D eigenvalue weighted by molar-refractivity contribution is 5.96. The molecule has 0 saturated heterocycles. The van der Waals surface area contributed by atoms with E-state index in [0.717, 1.165) is 0 Å². The Morgan fingerprint density at radius 1 is 1.21 bits per heavy atom. The number of alkyl halides is 3. The number of benzene rings is 2. The molecule has 0 N–H and O–H groups in total. The van der Waals surface area contributed by atoms with Crippen molar-refractivity contribution in [3.63, 3.8) is 0 Å². The lowest BCUT2D eigenvalue weighted by molar-refractivity contribution is -0.274. The van der Waals surface area contributed by atoms with Gasteiger partial charge in [-0.15, -0.1) is 13.2 Å². The predicted octanol–water partition coefficient (Wildman–Crippen LogP) is 5.42. The molecule has 0 spiro atoms. The number of aromatic nitrogens is 2. The van der Waals surface area contributed by atoms with Crippen LogP contribution in [0.15, 0.2) is 36.7 Å². The third kappa shape index (κ3) is 5.78. The maximum atomic E-state index is 12.5. The van der Waals surface area contributed by atoms with Gasteiger partial charge in [0.2, 0.25) is 0 Å². The van der Waals surface area contributed by atoms with Crippen LogP contribution in [0.5, 0.6) is 5.75 Å². The second-order valence-corrected chi connectivity index (χ2v) is 8.85. The predicted molar refractivity (Wildman–Crippen MR) is 120 cm³/mol. The summed E-state index contributed by atoms with van der Waals surface area (Å²) in [7, 11) is 3.37. The van der Waals surface area contributed by atoms with Gasteiger partial charge in [0.1, 0.15) is 17.4 Å². The monoisotopic (exact) mass is 474 g/mol.